The standard InChI is InChI=1S/2C3H8.H2O/c2*1-3-2;/h2*3H2,1-2H3;1H2. The van der Waals surface area contributed by atoms with Crippen molar-refractivity contribution in [2.75, 3.05) is 0 Å². The molecule has 0 atom stereocenters. The molecule has 0 aromatic heterocycles. The summed E-state index contributed by atoms with van der Waals surface area (Å²) in [5.74, 6) is 0. The van der Waals surface area contributed by atoms with Gasteiger partial charge in [0.25, 0.3) is 0 Å². The highest BCUT2D eigenvalue weighted by Gasteiger charge is 1.36. The zero-order valence-electron chi connectivity index (χ0n) is 5.91. The average molecular weight is 106 g/mol. The quantitative estimate of drug-likeness (QED) is 0.452. The topological polar surface area (TPSA) is 31.5 Å². The summed E-state index contributed by atoms with van der Waals surface area (Å²) in [4.78, 5) is 0. The highest BCUT2D eigenvalue weighted by molar-refractivity contribution is 3.92. The lowest BCUT2D eigenvalue weighted by molar-refractivity contribution is 0.824. The molecule has 0 heterocycles. The molecule has 1 nitrogen and oxygen atoms in total. The molecule has 0 radical (unpaired) electrons. The minimum absolute atomic E-state index is 0. The predicted molar refractivity (Wildman–Crippen MR) is 35.5 cm³/mol. The van der Waals surface area contributed by atoms with Gasteiger partial charge in [0.15, 0.2) is 0 Å². The van der Waals surface area contributed by atoms with E-state index in [0.717, 1.165) is 0 Å². The minimum atomic E-state index is 0. The first-order valence-electron chi connectivity index (χ1n) is 2.83. The van der Waals surface area contributed by atoms with Crippen LogP contribution in [0.1, 0.15) is 40.5 Å². The van der Waals surface area contributed by atoms with Gasteiger partial charge < -0.3 is 5.48 Å². The van der Waals surface area contributed by atoms with Crippen LogP contribution in [0.5, 0.6) is 0 Å². The Labute approximate surface area is 47.1 Å². The summed E-state index contributed by atoms with van der Waals surface area (Å²) in [5, 5.41) is 0. The van der Waals surface area contributed by atoms with E-state index in [2.05, 4.69) is 27.7 Å². The second-order valence-electron chi connectivity index (χ2n) is 1.41. The molecule has 2 N–H and O–H groups in total. The van der Waals surface area contributed by atoms with Crippen LogP contribution in [0.25, 0.3) is 0 Å². The van der Waals surface area contributed by atoms with Gasteiger partial charge in [-0.2, -0.15) is 0 Å². The van der Waals surface area contributed by atoms with E-state index in [4.69, 9.17) is 0 Å². The van der Waals surface area contributed by atoms with Crippen molar-refractivity contribution in [2.45, 2.75) is 40.5 Å². The Kier molecular flexibility index (Phi) is 86.0. The third kappa shape index (κ3) is 58400. The van der Waals surface area contributed by atoms with Crippen LogP contribution in [0.15, 0.2) is 0 Å². The first-order valence-corrected chi connectivity index (χ1v) is 2.83. The molecule has 0 bridgehead atoms. The Bertz CT molecular complexity index is 6.14. The van der Waals surface area contributed by atoms with E-state index in [0.29, 0.717) is 0 Å². The van der Waals surface area contributed by atoms with Crippen LogP contribution >= 0.6 is 0 Å². The van der Waals surface area contributed by atoms with Gasteiger partial charge in [-0.05, 0) is 0 Å². The van der Waals surface area contributed by atoms with E-state index in [1.807, 2.05) is 0 Å². The van der Waals surface area contributed by atoms with Gasteiger partial charge >= 0.3 is 0 Å². The van der Waals surface area contributed by atoms with E-state index in [9.17, 15) is 0 Å². The van der Waals surface area contributed by atoms with E-state index in [1.165, 1.54) is 12.8 Å². The van der Waals surface area contributed by atoms with E-state index >= 15 is 0 Å². The molecule has 0 rings (SSSR count). The Morgan fingerprint density at radius 3 is 0.714 bits per heavy atom. The number of hydrogen-bond acceptors (Lipinski definition) is 0. The van der Waals surface area contributed by atoms with Crippen molar-refractivity contribution in [3.05, 3.63) is 0 Å². The molecular weight excluding hydrogens is 88.1 g/mol. The second-order valence-corrected chi connectivity index (χ2v) is 1.41. The van der Waals surface area contributed by atoms with E-state index < -0.39 is 0 Å². The van der Waals surface area contributed by atoms with Crippen LogP contribution in [-0.4, -0.2) is 5.48 Å². The van der Waals surface area contributed by atoms with Crippen molar-refractivity contribution < 1.29 is 5.48 Å². The summed E-state index contributed by atoms with van der Waals surface area (Å²) >= 11 is 0. The van der Waals surface area contributed by atoms with Gasteiger partial charge in [0.2, 0.25) is 0 Å². The van der Waals surface area contributed by atoms with Crippen molar-refractivity contribution in [3.63, 3.8) is 0 Å². The maximum Gasteiger partial charge on any atom is -0.0590 e. The van der Waals surface area contributed by atoms with Crippen molar-refractivity contribution in [3.8, 4) is 0 Å². The Balaban J connectivity index is -0.0000000400. The second kappa shape index (κ2) is 38.2. The molecule has 48 valence electrons. The molecule has 0 amide bonds. The molecule has 0 aromatic carbocycles. The smallest absolute Gasteiger partial charge is 0.0590 e. The first kappa shape index (κ1) is 15.8. The van der Waals surface area contributed by atoms with Gasteiger partial charge in [0.05, 0.1) is 0 Å². The van der Waals surface area contributed by atoms with Gasteiger partial charge in [0, 0.05) is 0 Å². The average Bonchev–Trinajstić information content (AvgIpc) is 1.39. The molecule has 0 aliphatic rings. The fourth-order valence-corrected chi connectivity index (χ4v) is 0. The molecular formula is C6H18O. The Hall–Kier alpha value is -0.0400. The highest BCUT2D eigenvalue weighted by atomic mass is 16.0. The summed E-state index contributed by atoms with van der Waals surface area (Å²) in [6.07, 6.45) is 2.50. The maximum atomic E-state index is 2.12. The maximum absolute atomic E-state index is 2.12. The minimum Gasteiger partial charge on any atom is -0.412 e. The van der Waals surface area contributed by atoms with Crippen LogP contribution in [0.3, 0.4) is 0 Å². The fraction of sp³-hybridized carbons (Fsp3) is 1.00. The normalized spacial score (nSPS) is 5.14. The molecule has 0 saturated heterocycles. The summed E-state index contributed by atoms with van der Waals surface area (Å²) in [6.45, 7) is 8.50. The first-order chi connectivity index (χ1) is 2.83. The van der Waals surface area contributed by atoms with Crippen LogP contribution < -0.4 is 0 Å². The third-order valence-corrected chi connectivity index (χ3v) is 0. The molecule has 1 heteroatoms. The Morgan fingerprint density at radius 1 is 0.714 bits per heavy atom. The zero-order valence-corrected chi connectivity index (χ0v) is 5.91. The number of hydrogen-bond donors (Lipinski definition) is 0. The van der Waals surface area contributed by atoms with E-state index in [1.54, 1.807) is 0 Å². The SMILES string of the molecule is CCC.CCC.O. The van der Waals surface area contributed by atoms with Crippen LogP contribution in [0.4, 0.5) is 0 Å². The fourth-order valence-electron chi connectivity index (χ4n) is 0. The zero-order chi connectivity index (χ0) is 5.41. The third-order valence-electron chi connectivity index (χ3n) is 0. The van der Waals surface area contributed by atoms with Crippen molar-refractivity contribution in [1.82, 2.24) is 0 Å². The largest absolute Gasteiger partial charge is 0.412 e. The molecule has 0 spiro atoms. The molecule has 7 heavy (non-hydrogen) atoms. The van der Waals surface area contributed by atoms with Gasteiger partial charge in [-0.25, -0.2) is 0 Å². The lowest BCUT2D eigenvalue weighted by Crippen LogP contribution is -1.27. The summed E-state index contributed by atoms with van der Waals surface area (Å²) in [7, 11) is 0. The lowest BCUT2D eigenvalue weighted by atomic mass is 10.6. The summed E-state index contributed by atoms with van der Waals surface area (Å²) in [5.41, 5.74) is 0. The van der Waals surface area contributed by atoms with Crippen molar-refractivity contribution in [2.24, 2.45) is 0 Å². The lowest BCUT2D eigenvalue weighted by Gasteiger charge is -1.48. The van der Waals surface area contributed by atoms with Crippen molar-refractivity contribution in [1.29, 1.82) is 0 Å². The van der Waals surface area contributed by atoms with Crippen LogP contribution in [0.2, 0.25) is 0 Å². The summed E-state index contributed by atoms with van der Waals surface area (Å²) < 4.78 is 0. The van der Waals surface area contributed by atoms with Gasteiger partial charge in [-0.1, -0.05) is 40.5 Å². The molecule has 0 unspecified atom stereocenters. The van der Waals surface area contributed by atoms with Crippen molar-refractivity contribution >= 4 is 0 Å². The molecule has 0 aromatic rings. The van der Waals surface area contributed by atoms with Gasteiger partial charge in [0.1, 0.15) is 0 Å². The summed E-state index contributed by atoms with van der Waals surface area (Å²) in [6, 6.07) is 0. The predicted octanol–water partition coefficient (Wildman–Crippen LogP) is 2.01. The highest BCUT2D eigenvalue weighted by Crippen LogP contribution is 1.56. The Morgan fingerprint density at radius 2 is 0.714 bits per heavy atom. The molecule has 0 aliphatic carbocycles. The molecule has 0 aliphatic heterocycles. The molecule has 0 saturated carbocycles. The molecule has 0 fully saturated rings. The van der Waals surface area contributed by atoms with Crippen LogP contribution in [-0.2, 0) is 0 Å². The number of rotatable bonds is 0. The van der Waals surface area contributed by atoms with Crippen LogP contribution in [0, 0.1) is 0 Å². The van der Waals surface area contributed by atoms with Gasteiger partial charge in [-0.3, -0.25) is 0 Å². The monoisotopic (exact) mass is 106 g/mol. The van der Waals surface area contributed by atoms with E-state index in [-0.39, 0.29) is 5.48 Å². The van der Waals surface area contributed by atoms with Gasteiger partial charge in [-0.15, -0.1) is 0 Å².